The first-order chi connectivity index (χ1) is 11.2. The van der Waals surface area contributed by atoms with Gasteiger partial charge >= 0.3 is 5.97 Å². The van der Waals surface area contributed by atoms with Crippen molar-refractivity contribution in [3.05, 3.63) is 50.3 Å². The van der Waals surface area contributed by atoms with Crippen LogP contribution in [0.1, 0.15) is 24.2 Å². The number of benzene rings is 1. The highest BCUT2D eigenvalue weighted by atomic mass is 16.6. The number of aliphatic carboxylic acids is 1. The van der Waals surface area contributed by atoms with Crippen LogP contribution in [0.15, 0.2) is 29.1 Å². The van der Waals surface area contributed by atoms with Gasteiger partial charge in [-0.05, 0) is 12.0 Å². The summed E-state index contributed by atoms with van der Waals surface area (Å²) in [5.41, 5.74) is -0.695. The summed E-state index contributed by atoms with van der Waals surface area (Å²) in [5, 5.41) is 22.6. The van der Waals surface area contributed by atoms with E-state index in [0.29, 0.717) is 0 Å². The summed E-state index contributed by atoms with van der Waals surface area (Å²) in [4.78, 5) is 48.1. The highest BCUT2D eigenvalue weighted by Crippen LogP contribution is 2.21. The lowest BCUT2D eigenvalue weighted by atomic mass is 10.0. The Bertz CT molecular complexity index is 886. The van der Waals surface area contributed by atoms with E-state index in [0.717, 1.165) is 12.1 Å². The molecule has 9 heteroatoms. The van der Waals surface area contributed by atoms with Gasteiger partial charge in [0, 0.05) is 29.1 Å². The zero-order chi connectivity index (χ0) is 18.0. The number of aromatic nitrogens is 1. The van der Waals surface area contributed by atoms with E-state index < -0.39 is 28.4 Å². The third-order valence-electron chi connectivity index (χ3n) is 3.50. The number of non-ortho nitro benzene ring substituents is 1. The Kier molecular flexibility index (Phi) is 4.63. The van der Waals surface area contributed by atoms with Gasteiger partial charge in [0.2, 0.25) is 5.56 Å². The topological polar surface area (TPSA) is 142 Å². The van der Waals surface area contributed by atoms with E-state index >= 15 is 0 Å². The number of carbonyl (C=O) groups excluding carboxylic acids is 1. The number of H-pyrrole nitrogens is 1. The molecular formula is C15H15N3O6. The van der Waals surface area contributed by atoms with Crippen LogP contribution in [0, 0.1) is 16.0 Å². The molecule has 3 N–H and O–H groups in total. The molecule has 1 aromatic carbocycles. The molecule has 0 aliphatic rings. The maximum absolute atomic E-state index is 12.4. The first kappa shape index (κ1) is 17.1. The molecular weight excluding hydrogens is 318 g/mol. The molecule has 24 heavy (non-hydrogen) atoms. The molecule has 0 bridgehead atoms. The molecule has 0 saturated carbocycles. The lowest BCUT2D eigenvalue weighted by Gasteiger charge is -2.18. The van der Waals surface area contributed by atoms with E-state index in [4.69, 9.17) is 5.11 Å². The Labute approximate surface area is 135 Å². The molecule has 1 heterocycles. The summed E-state index contributed by atoms with van der Waals surface area (Å²) in [6, 6.07) is 3.52. The third-order valence-corrected chi connectivity index (χ3v) is 3.50. The number of hydrogen-bond acceptors (Lipinski definition) is 5. The molecule has 0 saturated heterocycles. The van der Waals surface area contributed by atoms with Crippen LogP contribution in [0.5, 0.6) is 0 Å². The summed E-state index contributed by atoms with van der Waals surface area (Å²) in [6.45, 7) is 3.25. The zero-order valence-corrected chi connectivity index (χ0v) is 12.9. The Morgan fingerprint density at radius 1 is 1.29 bits per heavy atom. The van der Waals surface area contributed by atoms with Crippen molar-refractivity contribution in [3.63, 3.8) is 0 Å². The number of nitro groups is 1. The lowest BCUT2D eigenvalue weighted by Crippen LogP contribution is -2.44. The molecule has 1 atom stereocenters. The van der Waals surface area contributed by atoms with Crippen molar-refractivity contribution in [2.45, 2.75) is 19.9 Å². The number of fused-ring (bicyclic) bond motifs is 1. The number of nitro benzene ring substituents is 1. The Morgan fingerprint density at radius 2 is 1.96 bits per heavy atom. The maximum Gasteiger partial charge on any atom is 0.326 e. The molecule has 0 fully saturated rings. The first-order valence-electron chi connectivity index (χ1n) is 7.06. The van der Waals surface area contributed by atoms with Crippen molar-refractivity contribution in [1.29, 1.82) is 0 Å². The van der Waals surface area contributed by atoms with Crippen LogP contribution in [-0.2, 0) is 4.79 Å². The second-order valence-electron chi connectivity index (χ2n) is 5.57. The Hall–Kier alpha value is -3.23. The number of hydrogen-bond donors (Lipinski definition) is 3. The van der Waals surface area contributed by atoms with E-state index in [-0.39, 0.29) is 28.1 Å². The number of amides is 1. The van der Waals surface area contributed by atoms with Gasteiger partial charge in [-0.3, -0.25) is 19.7 Å². The van der Waals surface area contributed by atoms with Crippen LogP contribution in [0.25, 0.3) is 10.9 Å². The standard InChI is InChI=1S/C15H15N3O6/c1-7(2)13(15(21)22)17-14(20)10-6-12(19)16-11-4-3-8(18(23)24)5-9(10)11/h3-7,13H,1-2H3,(H,16,19)(H,17,20)(H,21,22). The average molecular weight is 333 g/mol. The van der Waals surface area contributed by atoms with Crippen molar-refractivity contribution >= 4 is 28.5 Å². The van der Waals surface area contributed by atoms with E-state index in [9.17, 15) is 24.5 Å². The summed E-state index contributed by atoms with van der Waals surface area (Å²) in [5.74, 6) is -2.37. The van der Waals surface area contributed by atoms with Crippen molar-refractivity contribution in [3.8, 4) is 0 Å². The van der Waals surface area contributed by atoms with Gasteiger partial charge in [0.25, 0.3) is 11.6 Å². The monoisotopic (exact) mass is 333 g/mol. The molecule has 1 amide bonds. The molecule has 0 radical (unpaired) electrons. The predicted octanol–water partition coefficient (Wildman–Crippen LogP) is 1.28. The van der Waals surface area contributed by atoms with Gasteiger partial charge in [0.15, 0.2) is 0 Å². The van der Waals surface area contributed by atoms with E-state index in [1.165, 1.54) is 12.1 Å². The molecule has 1 aromatic heterocycles. The van der Waals surface area contributed by atoms with E-state index in [1.54, 1.807) is 13.8 Å². The molecule has 9 nitrogen and oxygen atoms in total. The summed E-state index contributed by atoms with van der Waals surface area (Å²) < 4.78 is 0. The fraction of sp³-hybridized carbons (Fsp3) is 0.267. The predicted molar refractivity (Wildman–Crippen MR) is 85.0 cm³/mol. The summed E-state index contributed by atoms with van der Waals surface area (Å²) >= 11 is 0. The Balaban J connectivity index is 2.55. The van der Waals surface area contributed by atoms with E-state index in [2.05, 4.69) is 10.3 Å². The number of rotatable bonds is 5. The van der Waals surface area contributed by atoms with Crippen LogP contribution >= 0.6 is 0 Å². The number of aromatic amines is 1. The molecule has 2 aromatic rings. The van der Waals surface area contributed by atoms with Gasteiger partial charge in [0.1, 0.15) is 6.04 Å². The second-order valence-corrected chi connectivity index (χ2v) is 5.57. The summed E-state index contributed by atoms with van der Waals surface area (Å²) in [6.07, 6.45) is 0. The molecule has 0 aliphatic heterocycles. The number of carboxylic acid groups (broad SMARTS) is 1. The highest BCUT2D eigenvalue weighted by Gasteiger charge is 2.25. The number of carboxylic acids is 1. The summed E-state index contributed by atoms with van der Waals surface area (Å²) in [7, 11) is 0. The quantitative estimate of drug-likeness (QED) is 0.555. The van der Waals surface area contributed by atoms with Crippen molar-refractivity contribution in [1.82, 2.24) is 10.3 Å². The molecule has 0 spiro atoms. The highest BCUT2D eigenvalue weighted by molar-refractivity contribution is 6.07. The lowest BCUT2D eigenvalue weighted by molar-refractivity contribution is -0.384. The number of pyridine rings is 1. The molecule has 1 unspecified atom stereocenters. The van der Waals surface area contributed by atoms with Gasteiger partial charge < -0.3 is 15.4 Å². The van der Waals surface area contributed by atoms with Crippen molar-refractivity contribution in [2.24, 2.45) is 5.92 Å². The van der Waals surface area contributed by atoms with Crippen LogP contribution in [0.4, 0.5) is 5.69 Å². The number of nitrogens with zero attached hydrogens (tertiary/aromatic N) is 1. The largest absolute Gasteiger partial charge is 0.480 e. The molecule has 0 aliphatic carbocycles. The number of carbonyl (C=O) groups is 2. The van der Waals surface area contributed by atoms with Crippen molar-refractivity contribution in [2.75, 3.05) is 0 Å². The molecule has 126 valence electrons. The zero-order valence-electron chi connectivity index (χ0n) is 12.9. The van der Waals surface area contributed by atoms with Crippen LogP contribution in [-0.4, -0.2) is 32.9 Å². The normalized spacial score (nSPS) is 12.1. The van der Waals surface area contributed by atoms with Gasteiger partial charge in [-0.15, -0.1) is 0 Å². The maximum atomic E-state index is 12.4. The van der Waals surface area contributed by atoms with Gasteiger partial charge in [-0.1, -0.05) is 13.8 Å². The third kappa shape index (κ3) is 3.40. The van der Waals surface area contributed by atoms with Gasteiger partial charge in [-0.25, -0.2) is 4.79 Å². The second kappa shape index (κ2) is 6.49. The Morgan fingerprint density at radius 3 is 2.50 bits per heavy atom. The fourth-order valence-electron chi connectivity index (χ4n) is 2.28. The SMILES string of the molecule is CC(C)C(NC(=O)c1cc(=O)[nH]c2ccc([N+](=O)[O-])cc12)C(=O)O. The minimum Gasteiger partial charge on any atom is -0.480 e. The van der Waals surface area contributed by atoms with Gasteiger partial charge in [0.05, 0.1) is 10.5 Å². The van der Waals surface area contributed by atoms with Crippen LogP contribution < -0.4 is 10.9 Å². The fourth-order valence-corrected chi connectivity index (χ4v) is 2.28. The molecule has 2 rings (SSSR count). The minimum absolute atomic E-state index is 0.121. The average Bonchev–Trinajstić information content (AvgIpc) is 2.50. The number of nitrogens with one attached hydrogen (secondary N) is 2. The van der Waals surface area contributed by atoms with Crippen LogP contribution in [0.3, 0.4) is 0 Å². The van der Waals surface area contributed by atoms with Crippen LogP contribution in [0.2, 0.25) is 0 Å². The minimum atomic E-state index is -1.21. The first-order valence-corrected chi connectivity index (χ1v) is 7.06. The smallest absolute Gasteiger partial charge is 0.326 e. The van der Waals surface area contributed by atoms with Gasteiger partial charge in [-0.2, -0.15) is 0 Å². The van der Waals surface area contributed by atoms with E-state index in [1.807, 2.05) is 0 Å². The van der Waals surface area contributed by atoms with Crippen molar-refractivity contribution < 1.29 is 19.6 Å².